The maximum Gasteiger partial charge on any atom is 0.138 e. The van der Waals surface area contributed by atoms with Crippen molar-refractivity contribution >= 4 is 0 Å². The molecule has 2 heterocycles. The summed E-state index contributed by atoms with van der Waals surface area (Å²) >= 11 is 0. The lowest BCUT2D eigenvalue weighted by atomic mass is 9.91. The van der Waals surface area contributed by atoms with Gasteiger partial charge in [-0.3, -0.25) is 4.68 Å². The molecule has 3 atom stereocenters. The highest BCUT2D eigenvalue weighted by atomic mass is 16.5. The van der Waals surface area contributed by atoms with Gasteiger partial charge in [0.2, 0.25) is 0 Å². The van der Waals surface area contributed by atoms with Crippen molar-refractivity contribution in [3.05, 3.63) is 12.2 Å². The van der Waals surface area contributed by atoms with Gasteiger partial charge < -0.3 is 10.1 Å². The zero-order chi connectivity index (χ0) is 14.4. The first-order valence-electron chi connectivity index (χ1n) is 7.97. The maximum atomic E-state index is 5.74. The highest BCUT2D eigenvalue weighted by Gasteiger charge is 2.32. The Morgan fingerprint density at radius 1 is 1.45 bits per heavy atom. The molecule has 0 aromatic carbocycles. The average molecular weight is 280 g/mol. The van der Waals surface area contributed by atoms with Crippen molar-refractivity contribution in [3.63, 3.8) is 0 Å². The van der Waals surface area contributed by atoms with Crippen molar-refractivity contribution < 1.29 is 4.74 Å². The molecule has 1 aromatic heterocycles. The van der Waals surface area contributed by atoms with Crippen molar-refractivity contribution in [1.29, 1.82) is 0 Å². The second kappa shape index (κ2) is 7.74. The molecule has 0 aliphatic carbocycles. The molecule has 20 heavy (non-hydrogen) atoms. The fourth-order valence-electron chi connectivity index (χ4n) is 3.02. The summed E-state index contributed by atoms with van der Waals surface area (Å²) in [6.07, 6.45) is 6.35. The topological polar surface area (TPSA) is 52.0 Å². The van der Waals surface area contributed by atoms with Gasteiger partial charge in [0.1, 0.15) is 12.2 Å². The van der Waals surface area contributed by atoms with Crippen molar-refractivity contribution in [2.45, 2.75) is 65.1 Å². The molecular weight excluding hydrogens is 252 g/mol. The molecule has 1 saturated heterocycles. The van der Waals surface area contributed by atoms with Gasteiger partial charge in [-0.05, 0) is 32.7 Å². The summed E-state index contributed by atoms with van der Waals surface area (Å²) in [7, 11) is 0. The summed E-state index contributed by atoms with van der Waals surface area (Å²) in [5.41, 5.74) is 0. The Morgan fingerprint density at radius 2 is 2.30 bits per heavy atom. The molecule has 1 aliphatic heterocycles. The minimum Gasteiger partial charge on any atom is -0.378 e. The van der Waals surface area contributed by atoms with Gasteiger partial charge in [-0.1, -0.05) is 13.8 Å². The van der Waals surface area contributed by atoms with Gasteiger partial charge >= 0.3 is 0 Å². The summed E-state index contributed by atoms with van der Waals surface area (Å²) in [5.74, 6) is 1.67. The fourth-order valence-corrected chi connectivity index (χ4v) is 3.02. The van der Waals surface area contributed by atoms with Gasteiger partial charge in [0.15, 0.2) is 0 Å². The van der Waals surface area contributed by atoms with Crippen LogP contribution in [-0.2, 0) is 17.7 Å². The van der Waals surface area contributed by atoms with Crippen molar-refractivity contribution in [2.24, 2.45) is 5.92 Å². The van der Waals surface area contributed by atoms with Crippen LogP contribution in [0.25, 0.3) is 0 Å². The smallest absolute Gasteiger partial charge is 0.138 e. The molecule has 3 unspecified atom stereocenters. The Labute approximate surface area is 122 Å². The monoisotopic (exact) mass is 280 g/mol. The Bertz CT molecular complexity index is 393. The van der Waals surface area contributed by atoms with Crippen molar-refractivity contribution in [3.8, 4) is 0 Å². The van der Waals surface area contributed by atoms with Crippen molar-refractivity contribution in [1.82, 2.24) is 20.1 Å². The van der Waals surface area contributed by atoms with Crippen LogP contribution < -0.4 is 5.32 Å². The number of ether oxygens (including phenoxy) is 1. The molecule has 2 rings (SSSR count). The van der Waals surface area contributed by atoms with Crippen LogP contribution in [0.4, 0.5) is 0 Å². The maximum absolute atomic E-state index is 5.74. The summed E-state index contributed by atoms with van der Waals surface area (Å²) in [6, 6.07) is 0.437. The molecule has 1 aliphatic rings. The first kappa shape index (κ1) is 15.4. The van der Waals surface area contributed by atoms with E-state index in [2.05, 4.69) is 36.2 Å². The van der Waals surface area contributed by atoms with E-state index in [9.17, 15) is 0 Å². The quantitative estimate of drug-likeness (QED) is 0.791. The van der Waals surface area contributed by atoms with E-state index in [-0.39, 0.29) is 0 Å². The zero-order valence-electron chi connectivity index (χ0n) is 13.0. The molecule has 0 saturated carbocycles. The third-order valence-corrected chi connectivity index (χ3v) is 4.14. The van der Waals surface area contributed by atoms with Gasteiger partial charge in [-0.25, -0.2) is 4.98 Å². The fraction of sp³-hybridized carbons (Fsp3) is 0.867. The van der Waals surface area contributed by atoms with E-state index < -0.39 is 0 Å². The predicted molar refractivity (Wildman–Crippen MR) is 79.6 cm³/mol. The summed E-state index contributed by atoms with van der Waals surface area (Å²) in [4.78, 5) is 4.45. The van der Waals surface area contributed by atoms with Crippen LogP contribution in [-0.4, -0.2) is 40.1 Å². The number of nitrogens with one attached hydrogen (secondary N) is 1. The van der Waals surface area contributed by atoms with Crippen LogP contribution in [0.5, 0.6) is 0 Å². The third kappa shape index (κ3) is 3.79. The molecular formula is C15H28N4O. The lowest BCUT2D eigenvalue weighted by Gasteiger charge is -2.26. The van der Waals surface area contributed by atoms with Gasteiger partial charge in [0, 0.05) is 31.5 Å². The van der Waals surface area contributed by atoms with E-state index >= 15 is 0 Å². The van der Waals surface area contributed by atoms with E-state index in [1.807, 2.05) is 4.68 Å². The van der Waals surface area contributed by atoms with Crippen LogP contribution in [0.15, 0.2) is 6.33 Å². The molecule has 1 aromatic rings. The molecule has 0 amide bonds. The molecule has 0 radical (unpaired) electrons. The molecule has 114 valence electrons. The molecule has 5 heteroatoms. The van der Waals surface area contributed by atoms with E-state index in [1.54, 1.807) is 6.33 Å². The normalized spacial score (nSPS) is 24.1. The van der Waals surface area contributed by atoms with Crippen LogP contribution in [0.1, 0.15) is 45.9 Å². The second-order valence-corrected chi connectivity index (χ2v) is 5.69. The number of hydrogen-bond acceptors (Lipinski definition) is 4. The molecule has 1 N–H and O–H groups in total. The lowest BCUT2D eigenvalue weighted by molar-refractivity contribution is 0.0950. The van der Waals surface area contributed by atoms with Crippen molar-refractivity contribution in [2.75, 3.05) is 13.2 Å². The van der Waals surface area contributed by atoms with E-state index in [4.69, 9.17) is 4.74 Å². The first-order valence-corrected chi connectivity index (χ1v) is 7.97. The number of aryl methyl sites for hydroxylation is 1. The average Bonchev–Trinajstić information content (AvgIpc) is 3.04. The molecule has 0 spiro atoms. The lowest BCUT2D eigenvalue weighted by Crippen LogP contribution is -2.42. The molecule has 0 bridgehead atoms. The third-order valence-electron chi connectivity index (χ3n) is 4.14. The Balaban J connectivity index is 2.04. The van der Waals surface area contributed by atoms with E-state index in [0.717, 1.165) is 51.2 Å². The van der Waals surface area contributed by atoms with Crippen LogP contribution in [0.2, 0.25) is 0 Å². The SMILES string of the molecule is CCCNC(Cc1ncnn1CCC)C1CCOC1C. The van der Waals surface area contributed by atoms with Gasteiger partial charge in [0.25, 0.3) is 0 Å². The Morgan fingerprint density at radius 3 is 2.95 bits per heavy atom. The van der Waals surface area contributed by atoms with Gasteiger partial charge in [-0.2, -0.15) is 5.10 Å². The minimum atomic E-state index is 0.340. The summed E-state index contributed by atoms with van der Waals surface area (Å²) in [5, 5.41) is 8.02. The Kier molecular flexibility index (Phi) is 5.98. The summed E-state index contributed by atoms with van der Waals surface area (Å²) < 4.78 is 7.78. The van der Waals surface area contributed by atoms with Crippen LogP contribution >= 0.6 is 0 Å². The van der Waals surface area contributed by atoms with E-state index in [0.29, 0.717) is 18.1 Å². The number of hydrogen-bond donors (Lipinski definition) is 1. The number of rotatable bonds is 8. The zero-order valence-corrected chi connectivity index (χ0v) is 13.0. The largest absolute Gasteiger partial charge is 0.378 e. The second-order valence-electron chi connectivity index (χ2n) is 5.69. The minimum absolute atomic E-state index is 0.340. The summed E-state index contributed by atoms with van der Waals surface area (Å²) in [6.45, 7) is 9.46. The van der Waals surface area contributed by atoms with E-state index in [1.165, 1.54) is 0 Å². The highest BCUT2D eigenvalue weighted by molar-refractivity contribution is 4.95. The van der Waals surface area contributed by atoms with Gasteiger partial charge in [0.05, 0.1) is 6.10 Å². The molecule has 5 nitrogen and oxygen atoms in total. The first-order chi connectivity index (χ1) is 9.76. The Hall–Kier alpha value is -0.940. The standard InChI is InChI=1S/C15H28N4O/c1-4-7-16-14(13-6-9-20-12(13)3)10-15-17-11-18-19(15)8-5-2/h11-14,16H,4-10H2,1-3H3. The van der Waals surface area contributed by atoms with Crippen LogP contribution in [0.3, 0.4) is 0 Å². The van der Waals surface area contributed by atoms with Crippen LogP contribution in [0, 0.1) is 5.92 Å². The molecule has 1 fully saturated rings. The number of nitrogens with zero attached hydrogens (tertiary/aromatic N) is 3. The van der Waals surface area contributed by atoms with Gasteiger partial charge in [-0.15, -0.1) is 0 Å². The number of aromatic nitrogens is 3. The highest BCUT2D eigenvalue weighted by Crippen LogP contribution is 2.25. The predicted octanol–water partition coefficient (Wildman–Crippen LogP) is 2.02.